The minimum absolute atomic E-state index is 0.327. The molecule has 146 valence electrons. The number of carbonyl (C=O) groups excluding carboxylic acids is 1. The van der Waals surface area contributed by atoms with Crippen LogP contribution in [0.25, 0.3) is 22.1 Å². The lowest BCUT2D eigenvalue weighted by atomic mass is 10.0. The molecular formula is C22H21N5O2. The van der Waals surface area contributed by atoms with Crippen LogP contribution in [-0.4, -0.2) is 47.0 Å². The highest BCUT2D eigenvalue weighted by molar-refractivity contribution is 6.05. The molecule has 0 radical (unpaired) electrons. The molecule has 1 atom stereocenters. The van der Waals surface area contributed by atoms with Crippen LogP contribution >= 0.6 is 0 Å². The van der Waals surface area contributed by atoms with E-state index >= 15 is 0 Å². The van der Waals surface area contributed by atoms with E-state index in [0.717, 1.165) is 41.0 Å². The number of para-hydroxylation sites is 1. The number of amides is 1. The number of aromatic nitrogens is 2. The molecule has 2 aromatic heterocycles. The van der Waals surface area contributed by atoms with Gasteiger partial charge < -0.3 is 15.1 Å². The fourth-order valence-electron chi connectivity index (χ4n) is 4.12. The topological polar surface area (TPSA) is 88.5 Å². The van der Waals surface area contributed by atoms with Crippen molar-refractivity contribution in [2.45, 2.75) is 6.04 Å². The van der Waals surface area contributed by atoms with Gasteiger partial charge in [-0.15, -0.1) is 0 Å². The van der Waals surface area contributed by atoms with E-state index in [-0.39, 0.29) is 5.91 Å². The molecule has 1 amide bonds. The first-order valence-corrected chi connectivity index (χ1v) is 9.68. The first kappa shape index (κ1) is 17.6. The number of anilines is 1. The zero-order chi connectivity index (χ0) is 19.8. The van der Waals surface area contributed by atoms with Gasteiger partial charge in [-0.3, -0.25) is 9.69 Å². The first-order valence-electron chi connectivity index (χ1n) is 9.68. The zero-order valence-corrected chi connectivity index (χ0v) is 15.9. The lowest BCUT2D eigenvalue weighted by Gasteiger charge is -2.38. The average molecular weight is 387 g/mol. The summed E-state index contributed by atoms with van der Waals surface area (Å²) >= 11 is 0. The molecule has 5 rings (SSSR count). The largest absolute Gasteiger partial charge is 0.450 e. The lowest BCUT2D eigenvalue weighted by molar-refractivity contribution is -0.123. The van der Waals surface area contributed by atoms with Gasteiger partial charge in [0.05, 0.1) is 0 Å². The highest BCUT2D eigenvalue weighted by Crippen LogP contribution is 2.33. The van der Waals surface area contributed by atoms with E-state index in [1.165, 1.54) is 0 Å². The van der Waals surface area contributed by atoms with E-state index in [4.69, 9.17) is 10.2 Å². The number of piperazine rings is 1. The van der Waals surface area contributed by atoms with E-state index in [9.17, 15) is 4.79 Å². The second-order valence-electron chi connectivity index (χ2n) is 7.21. The molecule has 7 heteroatoms. The predicted octanol–water partition coefficient (Wildman–Crippen LogP) is 2.72. The second-order valence-corrected chi connectivity index (χ2v) is 7.21. The Kier molecular flexibility index (Phi) is 4.37. The molecule has 0 saturated carbocycles. The summed E-state index contributed by atoms with van der Waals surface area (Å²) in [5, 5.41) is 0.989. The predicted molar refractivity (Wildman–Crippen MR) is 111 cm³/mol. The van der Waals surface area contributed by atoms with Crippen LogP contribution in [0.15, 0.2) is 65.3 Å². The van der Waals surface area contributed by atoms with E-state index in [1.807, 2.05) is 54.6 Å². The van der Waals surface area contributed by atoms with Crippen molar-refractivity contribution in [2.75, 3.05) is 31.1 Å². The lowest BCUT2D eigenvalue weighted by Crippen LogP contribution is -2.50. The number of benzene rings is 2. The molecule has 7 nitrogen and oxygen atoms in total. The summed E-state index contributed by atoms with van der Waals surface area (Å²) in [4.78, 5) is 25.4. The van der Waals surface area contributed by atoms with Crippen LogP contribution in [0.4, 0.5) is 5.82 Å². The first-order chi connectivity index (χ1) is 14.2. The fraction of sp³-hybridized carbons (Fsp3) is 0.227. The summed E-state index contributed by atoms with van der Waals surface area (Å²) in [6.07, 6.45) is 1.59. The second kappa shape index (κ2) is 7.18. The fourth-order valence-corrected chi connectivity index (χ4v) is 4.12. The number of primary amides is 1. The van der Waals surface area contributed by atoms with Gasteiger partial charge in [0.15, 0.2) is 11.4 Å². The molecule has 1 aliphatic rings. The monoisotopic (exact) mass is 387 g/mol. The molecule has 0 unspecified atom stereocenters. The Labute approximate surface area is 167 Å². The summed E-state index contributed by atoms with van der Waals surface area (Å²) in [5.74, 6) is 0.465. The van der Waals surface area contributed by atoms with Gasteiger partial charge in [0.1, 0.15) is 23.5 Å². The van der Waals surface area contributed by atoms with Crippen molar-refractivity contribution in [3.8, 4) is 0 Å². The summed E-state index contributed by atoms with van der Waals surface area (Å²) in [6, 6.07) is 17.1. The quantitative estimate of drug-likeness (QED) is 0.579. The molecule has 4 aromatic rings. The summed E-state index contributed by atoms with van der Waals surface area (Å²) in [6.45, 7) is 2.85. The van der Waals surface area contributed by atoms with Crippen LogP contribution in [0.3, 0.4) is 0 Å². The maximum absolute atomic E-state index is 12.2. The molecule has 1 saturated heterocycles. The smallest absolute Gasteiger partial charge is 0.239 e. The van der Waals surface area contributed by atoms with Crippen LogP contribution < -0.4 is 10.6 Å². The van der Waals surface area contributed by atoms with Crippen molar-refractivity contribution in [1.82, 2.24) is 14.9 Å². The van der Waals surface area contributed by atoms with Crippen LogP contribution in [-0.2, 0) is 4.79 Å². The molecular weight excluding hydrogens is 366 g/mol. The molecule has 2 aromatic carbocycles. The Bertz CT molecular complexity index is 1170. The maximum Gasteiger partial charge on any atom is 0.239 e. The van der Waals surface area contributed by atoms with Gasteiger partial charge >= 0.3 is 0 Å². The molecule has 1 fully saturated rings. The van der Waals surface area contributed by atoms with E-state index in [0.29, 0.717) is 18.7 Å². The van der Waals surface area contributed by atoms with Crippen LogP contribution in [0.2, 0.25) is 0 Å². The third-order valence-corrected chi connectivity index (χ3v) is 5.50. The van der Waals surface area contributed by atoms with Crippen molar-refractivity contribution >= 4 is 33.8 Å². The van der Waals surface area contributed by atoms with Gasteiger partial charge in [0.25, 0.3) is 0 Å². The number of fused-ring (bicyclic) bond motifs is 3. The third-order valence-electron chi connectivity index (χ3n) is 5.50. The Morgan fingerprint density at radius 1 is 0.966 bits per heavy atom. The molecule has 1 aliphatic heterocycles. The molecule has 2 N–H and O–H groups in total. The van der Waals surface area contributed by atoms with Gasteiger partial charge in [-0.05, 0) is 17.7 Å². The Morgan fingerprint density at radius 2 is 1.69 bits per heavy atom. The van der Waals surface area contributed by atoms with Crippen LogP contribution in [0.5, 0.6) is 0 Å². The summed E-state index contributed by atoms with van der Waals surface area (Å²) in [7, 11) is 0. The number of hydrogen-bond donors (Lipinski definition) is 1. The van der Waals surface area contributed by atoms with Crippen LogP contribution in [0, 0.1) is 0 Å². The third kappa shape index (κ3) is 3.09. The number of rotatable bonds is 4. The maximum atomic E-state index is 12.2. The summed E-state index contributed by atoms with van der Waals surface area (Å²) < 4.78 is 6.06. The Balaban J connectivity index is 1.41. The van der Waals surface area contributed by atoms with E-state index < -0.39 is 6.04 Å². The highest BCUT2D eigenvalue weighted by atomic mass is 16.3. The molecule has 0 bridgehead atoms. The minimum atomic E-state index is -0.421. The van der Waals surface area contributed by atoms with Crippen molar-refractivity contribution < 1.29 is 9.21 Å². The van der Waals surface area contributed by atoms with Crippen molar-refractivity contribution in [3.05, 3.63) is 66.5 Å². The van der Waals surface area contributed by atoms with E-state index in [2.05, 4.69) is 19.8 Å². The van der Waals surface area contributed by atoms with Gasteiger partial charge in [-0.2, -0.15) is 0 Å². The number of carbonyl (C=O) groups is 1. The molecule has 29 heavy (non-hydrogen) atoms. The molecule has 0 spiro atoms. The Morgan fingerprint density at radius 3 is 2.45 bits per heavy atom. The average Bonchev–Trinajstić information content (AvgIpc) is 3.14. The highest BCUT2D eigenvalue weighted by Gasteiger charge is 2.30. The standard InChI is InChI=1S/C22H21N5O2/c23-21(28)19(15-6-2-1-3-7-15)26-10-12-27(13-11-26)22-20-18(24-14-25-22)16-8-4-5-9-17(16)29-20/h1-9,14,19H,10-13H2,(H2,23,28)/t19-/m0/s1. The van der Waals surface area contributed by atoms with Gasteiger partial charge in [0.2, 0.25) is 5.91 Å². The van der Waals surface area contributed by atoms with Crippen molar-refractivity contribution in [2.24, 2.45) is 5.73 Å². The van der Waals surface area contributed by atoms with Gasteiger partial charge in [-0.25, -0.2) is 9.97 Å². The zero-order valence-electron chi connectivity index (χ0n) is 15.9. The van der Waals surface area contributed by atoms with Crippen molar-refractivity contribution in [1.29, 1.82) is 0 Å². The van der Waals surface area contributed by atoms with Gasteiger partial charge in [-0.1, -0.05) is 42.5 Å². The number of furan rings is 1. The van der Waals surface area contributed by atoms with Crippen molar-refractivity contribution in [3.63, 3.8) is 0 Å². The van der Waals surface area contributed by atoms with Gasteiger partial charge in [0, 0.05) is 31.6 Å². The number of hydrogen-bond acceptors (Lipinski definition) is 6. The minimum Gasteiger partial charge on any atom is -0.450 e. The number of nitrogens with zero attached hydrogens (tertiary/aromatic N) is 4. The number of nitrogens with two attached hydrogens (primary N) is 1. The Hall–Kier alpha value is -3.45. The molecule has 3 heterocycles. The SMILES string of the molecule is NC(=O)[C@H](c1ccccc1)N1CCN(c2ncnc3c2oc2ccccc23)CC1. The molecule has 0 aliphatic carbocycles. The van der Waals surface area contributed by atoms with Crippen LogP contribution in [0.1, 0.15) is 11.6 Å². The normalized spacial score (nSPS) is 16.3. The summed E-state index contributed by atoms with van der Waals surface area (Å²) in [5.41, 5.74) is 9.00. The van der Waals surface area contributed by atoms with E-state index in [1.54, 1.807) is 6.33 Å².